The minimum atomic E-state index is -0.382. The first-order valence-electron chi connectivity index (χ1n) is 8.79. The van der Waals surface area contributed by atoms with Gasteiger partial charge >= 0.3 is 5.97 Å². The van der Waals surface area contributed by atoms with E-state index in [1.54, 1.807) is 24.3 Å². The summed E-state index contributed by atoms with van der Waals surface area (Å²) >= 11 is 0. The number of amides is 1. The van der Waals surface area contributed by atoms with Crippen LogP contribution in [0.4, 0.5) is 10.1 Å². The lowest BCUT2D eigenvalue weighted by molar-refractivity contribution is -0.115. The minimum absolute atomic E-state index is 0.0528. The highest BCUT2D eigenvalue weighted by Crippen LogP contribution is 2.23. The number of ether oxygens (including phenoxy) is 1. The van der Waals surface area contributed by atoms with Crippen LogP contribution in [0.5, 0.6) is 0 Å². The third kappa shape index (κ3) is 4.73. The zero-order chi connectivity index (χ0) is 19.2. The summed E-state index contributed by atoms with van der Waals surface area (Å²) in [6.07, 6.45) is 3.29. The molecule has 1 heterocycles. The number of hydrogen-bond acceptors (Lipinski definition) is 4. The summed E-state index contributed by atoms with van der Waals surface area (Å²) in [5.74, 6) is -1.03. The number of fused-ring (bicyclic) bond motifs is 1. The molecule has 0 aliphatic heterocycles. The summed E-state index contributed by atoms with van der Waals surface area (Å²) in [5.41, 5.74) is 2.13. The van der Waals surface area contributed by atoms with Gasteiger partial charge in [0, 0.05) is 16.6 Å². The highest BCUT2D eigenvalue weighted by atomic mass is 19.1. The molecule has 3 rings (SSSR count). The molecule has 140 valence electrons. The van der Waals surface area contributed by atoms with Crippen molar-refractivity contribution in [2.45, 2.75) is 26.2 Å². The van der Waals surface area contributed by atoms with Gasteiger partial charge in [-0.1, -0.05) is 13.3 Å². The van der Waals surface area contributed by atoms with Crippen LogP contribution in [0, 0.1) is 5.82 Å². The van der Waals surface area contributed by atoms with Crippen LogP contribution in [-0.2, 0) is 16.0 Å². The summed E-state index contributed by atoms with van der Waals surface area (Å²) in [5, 5.41) is 3.33. The summed E-state index contributed by atoms with van der Waals surface area (Å²) in [7, 11) is 0. The molecule has 6 heteroatoms. The van der Waals surface area contributed by atoms with E-state index in [-0.39, 0.29) is 24.1 Å². The number of esters is 1. The van der Waals surface area contributed by atoms with Crippen molar-refractivity contribution >= 4 is 28.5 Å². The van der Waals surface area contributed by atoms with Crippen molar-refractivity contribution in [1.29, 1.82) is 0 Å². The predicted octanol–water partition coefficient (Wildman–Crippen LogP) is 4.71. The van der Waals surface area contributed by atoms with Crippen molar-refractivity contribution in [2.75, 3.05) is 11.9 Å². The van der Waals surface area contributed by atoms with Crippen molar-refractivity contribution in [3.8, 4) is 0 Å². The first kappa shape index (κ1) is 18.6. The molecule has 27 heavy (non-hydrogen) atoms. The normalized spacial score (nSPS) is 10.7. The number of nitrogens with one attached hydrogen (secondary N) is 1. The highest BCUT2D eigenvalue weighted by molar-refractivity contribution is 5.96. The molecule has 2 aromatic carbocycles. The van der Waals surface area contributed by atoms with Crippen LogP contribution < -0.4 is 5.32 Å². The van der Waals surface area contributed by atoms with Crippen LogP contribution in [0.25, 0.3) is 11.0 Å². The second-order valence-corrected chi connectivity index (χ2v) is 6.19. The highest BCUT2D eigenvalue weighted by Gasteiger charge is 2.12. The number of halogens is 1. The fourth-order valence-electron chi connectivity index (χ4n) is 2.65. The smallest absolute Gasteiger partial charge is 0.338 e. The van der Waals surface area contributed by atoms with E-state index in [2.05, 4.69) is 5.32 Å². The van der Waals surface area contributed by atoms with Gasteiger partial charge in [-0.2, -0.15) is 0 Å². The number of anilines is 1. The zero-order valence-corrected chi connectivity index (χ0v) is 15.0. The summed E-state index contributed by atoms with van der Waals surface area (Å²) in [6.45, 7) is 2.42. The quantitative estimate of drug-likeness (QED) is 0.484. The van der Waals surface area contributed by atoms with Crippen molar-refractivity contribution in [3.05, 3.63) is 65.7 Å². The molecule has 5 nitrogen and oxygen atoms in total. The molecule has 1 amide bonds. The summed E-state index contributed by atoms with van der Waals surface area (Å²) in [4.78, 5) is 24.1. The van der Waals surface area contributed by atoms with Gasteiger partial charge in [-0.25, -0.2) is 9.18 Å². The molecule has 0 saturated heterocycles. The van der Waals surface area contributed by atoms with Crippen molar-refractivity contribution in [2.24, 2.45) is 0 Å². The molecule has 1 aromatic heterocycles. The first-order chi connectivity index (χ1) is 13.1. The SMILES string of the molecule is CCCCOC(=O)c1ccc(NC(=O)Cc2coc3ccc(F)cc23)cc1. The van der Waals surface area contributed by atoms with Gasteiger partial charge in [0.15, 0.2) is 0 Å². The maximum atomic E-state index is 13.4. The molecular weight excluding hydrogens is 349 g/mol. The van der Waals surface area contributed by atoms with Crippen LogP contribution in [-0.4, -0.2) is 18.5 Å². The monoisotopic (exact) mass is 369 g/mol. The first-order valence-corrected chi connectivity index (χ1v) is 8.79. The van der Waals surface area contributed by atoms with Gasteiger partial charge in [0.1, 0.15) is 11.4 Å². The van der Waals surface area contributed by atoms with E-state index in [0.29, 0.717) is 34.4 Å². The van der Waals surface area contributed by atoms with E-state index in [1.165, 1.54) is 24.5 Å². The molecule has 0 fully saturated rings. The van der Waals surface area contributed by atoms with Gasteiger partial charge in [0.25, 0.3) is 0 Å². The Kier molecular flexibility index (Phi) is 5.86. The third-order valence-electron chi connectivity index (χ3n) is 4.10. The molecule has 0 aliphatic rings. The Balaban J connectivity index is 1.60. The lowest BCUT2D eigenvalue weighted by atomic mass is 10.1. The predicted molar refractivity (Wildman–Crippen MR) is 100 cm³/mol. The van der Waals surface area contributed by atoms with Crippen LogP contribution in [0.1, 0.15) is 35.7 Å². The van der Waals surface area contributed by atoms with E-state index in [9.17, 15) is 14.0 Å². The van der Waals surface area contributed by atoms with Crippen LogP contribution in [0.15, 0.2) is 53.1 Å². The van der Waals surface area contributed by atoms with Gasteiger partial charge < -0.3 is 14.5 Å². The molecule has 0 unspecified atom stereocenters. The van der Waals surface area contributed by atoms with E-state index in [0.717, 1.165) is 12.8 Å². The van der Waals surface area contributed by atoms with Gasteiger partial charge in [-0.3, -0.25) is 4.79 Å². The van der Waals surface area contributed by atoms with Crippen molar-refractivity contribution < 1.29 is 23.1 Å². The van der Waals surface area contributed by atoms with Crippen molar-refractivity contribution in [3.63, 3.8) is 0 Å². The topological polar surface area (TPSA) is 68.5 Å². The number of carbonyl (C=O) groups excluding carboxylic acids is 2. The lowest BCUT2D eigenvalue weighted by Gasteiger charge is -2.07. The van der Waals surface area contributed by atoms with Gasteiger partial charge in [0.05, 0.1) is 24.9 Å². The number of hydrogen-bond donors (Lipinski definition) is 1. The fraction of sp³-hybridized carbons (Fsp3) is 0.238. The standard InChI is InChI=1S/C21H20FNO4/c1-2-3-10-26-21(25)14-4-7-17(8-5-14)23-20(24)11-15-13-27-19-9-6-16(22)12-18(15)19/h4-9,12-13H,2-3,10-11H2,1H3,(H,23,24). The number of rotatable bonds is 7. The third-order valence-corrected chi connectivity index (χ3v) is 4.10. The number of carbonyl (C=O) groups is 2. The van der Waals surface area contributed by atoms with Gasteiger partial charge in [0.2, 0.25) is 5.91 Å². The largest absolute Gasteiger partial charge is 0.464 e. The van der Waals surface area contributed by atoms with Crippen LogP contribution in [0.2, 0.25) is 0 Å². The van der Waals surface area contributed by atoms with E-state index >= 15 is 0 Å². The molecule has 0 saturated carbocycles. The van der Waals surface area contributed by atoms with E-state index in [1.807, 2.05) is 6.92 Å². The van der Waals surface area contributed by atoms with E-state index in [4.69, 9.17) is 9.15 Å². The Morgan fingerprint density at radius 1 is 1.15 bits per heavy atom. The zero-order valence-electron chi connectivity index (χ0n) is 15.0. The number of benzene rings is 2. The second-order valence-electron chi connectivity index (χ2n) is 6.19. The molecule has 3 aromatic rings. The van der Waals surface area contributed by atoms with Crippen molar-refractivity contribution in [1.82, 2.24) is 0 Å². The maximum absolute atomic E-state index is 13.4. The molecule has 1 N–H and O–H groups in total. The summed E-state index contributed by atoms with van der Waals surface area (Å²) < 4.78 is 23.9. The Morgan fingerprint density at radius 3 is 2.67 bits per heavy atom. The number of unbranched alkanes of at least 4 members (excludes halogenated alkanes) is 1. The van der Waals surface area contributed by atoms with E-state index < -0.39 is 0 Å². The van der Waals surface area contributed by atoms with Gasteiger partial charge in [-0.05, 0) is 48.9 Å². The minimum Gasteiger partial charge on any atom is -0.464 e. The average Bonchev–Trinajstić information content (AvgIpc) is 3.04. The van der Waals surface area contributed by atoms with Crippen LogP contribution in [0.3, 0.4) is 0 Å². The van der Waals surface area contributed by atoms with Crippen LogP contribution >= 0.6 is 0 Å². The Labute approximate surface area is 156 Å². The summed E-state index contributed by atoms with van der Waals surface area (Å²) in [6, 6.07) is 10.7. The molecular formula is C21H20FNO4. The maximum Gasteiger partial charge on any atom is 0.338 e. The molecule has 0 spiro atoms. The Hall–Kier alpha value is -3.15. The molecule has 0 aliphatic carbocycles. The second kappa shape index (κ2) is 8.49. The average molecular weight is 369 g/mol. The molecule has 0 radical (unpaired) electrons. The Bertz CT molecular complexity index is 946. The lowest BCUT2D eigenvalue weighted by Crippen LogP contribution is -2.14. The molecule has 0 bridgehead atoms. The fourth-order valence-corrected chi connectivity index (χ4v) is 2.65. The molecule has 0 atom stereocenters. The Morgan fingerprint density at radius 2 is 1.93 bits per heavy atom. The van der Waals surface area contributed by atoms with Gasteiger partial charge in [-0.15, -0.1) is 0 Å². The number of furan rings is 1.